The highest BCUT2D eigenvalue weighted by molar-refractivity contribution is 5.26. The fourth-order valence-electron chi connectivity index (χ4n) is 3.00. The Morgan fingerprint density at radius 3 is 3.00 bits per heavy atom. The van der Waals surface area contributed by atoms with E-state index in [4.69, 9.17) is 9.47 Å². The first-order valence-corrected chi connectivity index (χ1v) is 6.65. The molecule has 2 bridgehead atoms. The number of methoxy groups -OCH3 is 1. The quantitative estimate of drug-likeness (QED) is 0.882. The summed E-state index contributed by atoms with van der Waals surface area (Å²) in [6.45, 7) is 2.78. The SMILES string of the molecule is COc1cc(C)nc(CNC2CC3CCC2O3)c1. The summed E-state index contributed by atoms with van der Waals surface area (Å²) in [4.78, 5) is 4.52. The smallest absolute Gasteiger partial charge is 0.122 e. The van der Waals surface area contributed by atoms with Gasteiger partial charge in [-0.2, -0.15) is 0 Å². The molecule has 0 spiro atoms. The Kier molecular flexibility index (Phi) is 3.22. The summed E-state index contributed by atoms with van der Waals surface area (Å²) < 4.78 is 11.1. The van der Waals surface area contributed by atoms with Crippen molar-refractivity contribution >= 4 is 0 Å². The molecule has 3 unspecified atom stereocenters. The second-order valence-corrected chi connectivity index (χ2v) is 5.24. The van der Waals surface area contributed by atoms with Gasteiger partial charge in [-0.25, -0.2) is 0 Å². The van der Waals surface area contributed by atoms with Gasteiger partial charge in [0, 0.05) is 30.4 Å². The number of aryl methyl sites for hydroxylation is 1. The zero-order valence-electron chi connectivity index (χ0n) is 11.0. The van der Waals surface area contributed by atoms with Crippen molar-refractivity contribution in [2.24, 2.45) is 0 Å². The third-order valence-corrected chi connectivity index (χ3v) is 3.87. The fraction of sp³-hybridized carbons (Fsp3) is 0.643. The Hall–Kier alpha value is -1.13. The maximum atomic E-state index is 5.83. The molecule has 2 saturated heterocycles. The Morgan fingerprint density at radius 1 is 1.44 bits per heavy atom. The summed E-state index contributed by atoms with van der Waals surface area (Å²) >= 11 is 0. The minimum absolute atomic E-state index is 0.418. The fourth-order valence-corrected chi connectivity index (χ4v) is 3.00. The van der Waals surface area contributed by atoms with E-state index in [0.717, 1.165) is 30.1 Å². The minimum atomic E-state index is 0.418. The number of nitrogens with one attached hydrogen (secondary N) is 1. The topological polar surface area (TPSA) is 43.4 Å². The maximum Gasteiger partial charge on any atom is 0.122 e. The van der Waals surface area contributed by atoms with Gasteiger partial charge in [0.1, 0.15) is 5.75 Å². The number of nitrogens with zero attached hydrogens (tertiary/aromatic N) is 1. The van der Waals surface area contributed by atoms with Gasteiger partial charge in [0.25, 0.3) is 0 Å². The number of hydrogen-bond acceptors (Lipinski definition) is 4. The van der Waals surface area contributed by atoms with Crippen LogP contribution in [0.25, 0.3) is 0 Å². The molecule has 2 aliphatic heterocycles. The van der Waals surface area contributed by atoms with Crippen LogP contribution in [0, 0.1) is 6.92 Å². The lowest BCUT2D eigenvalue weighted by atomic mass is 9.95. The van der Waals surface area contributed by atoms with E-state index in [-0.39, 0.29) is 0 Å². The molecule has 1 aromatic rings. The number of aromatic nitrogens is 1. The number of rotatable bonds is 4. The molecule has 0 radical (unpaired) electrons. The van der Waals surface area contributed by atoms with Crippen molar-refractivity contribution in [1.82, 2.24) is 10.3 Å². The molecule has 1 N–H and O–H groups in total. The second-order valence-electron chi connectivity index (χ2n) is 5.24. The van der Waals surface area contributed by atoms with Gasteiger partial charge >= 0.3 is 0 Å². The van der Waals surface area contributed by atoms with Gasteiger partial charge in [0.05, 0.1) is 25.0 Å². The van der Waals surface area contributed by atoms with Crippen LogP contribution in [-0.2, 0) is 11.3 Å². The third-order valence-electron chi connectivity index (χ3n) is 3.87. The molecule has 2 aliphatic rings. The van der Waals surface area contributed by atoms with Crippen molar-refractivity contribution in [2.45, 2.75) is 51.0 Å². The Labute approximate surface area is 108 Å². The minimum Gasteiger partial charge on any atom is -0.497 e. The van der Waals surface area contributed by atoms with E-state index < -0.39 is 0 Å². The Bertz CT molecular complexity index is 436. The third kappa shape index (κ3) is 2.35. The molecule has 98 valence electrons. The van der Waals surface area contributed by atoms with Gasteiger partial charge in [-0.15, -0.1) is 0 Å². The zero-order chi connectivity index (χ0) is 12.5. The number of fused-ring (bicyclic) bond motifs is 2. The van der Waals surface area contributed by atoms with Gasteiger partial charge in [-0.1, -0.05) is 0 Å². The summed E-state index contributed by atoms with van der Waals surface area (Å²) in [5, 5.41) is 3.56. The lowest BCUT2D eigenvalue weighted by Gasteiger charge is -2.20. The van der Waals surface area contributed by atoms with Crippen LogP contribution in [0.15, 0.2) is 12.1 Å². The summed E-state index contributed by atoms with van der Waals surface area (Å²) in [6, 6.07) is 4.44. The largest absolute Gasteiger partial charge is 0.497 e. The van der Waals surface area contributed by atoms with Crippen LogP contribution in [-0.4, -0.2) is 30.3 Å². The van der Waals surface area contributed by atoms with Gasteiger partial charge in [0.2, 0.25) is 0 Å². The molecule has 3 rings (SSSR count). The molecule has 3 heterocycles. The number of hydrogen-bond donors (Lipinski definition) is 1. The summed E-state index contributed by atoms with van der Waals surface area (Å²) in [5.74, 6) is 0.878. The predicted molar refractivity (Wildman–Crippen MR) is 68.7 cm³/mol. The van der Waals surface area contributed by atoms with Gasteiger partial charge in [0.15, 0.2) is 0 Å². The maximum absolute atomic E-state index is 5.83. The highest BCUT2D eigenvalue weighted by atomic mass is 16.5. The molecule has 3 atom stereocenters. The van der Waals surface area contributed by atoms with Gasteiger partial charge in [-0.05, 0) is 26.2 Å². The molecule has 0 saturated carbocycles. The first-order chi connectivity index (χ1) is 8.74. The first-order valence-electron chi connectivity index (χ1n) is 6.65. The molecule has 1 aromatic heterocycles. The molecule has 0 aliphatic carbocycles. The van der Waals surface area contributed by atoms with Crippen LogP contribution in [0.4, 0.5) is 0 Å². The van der Waals surface area contributed by atoms with E-state index in [1.807, 2.05) is 19.1 Å². The molecule has 0 aromatic carbocycles. The van der Waals surface area contributed by atoms with Crippen LogP contribution >= 0.6 is 0 Å². The molecular weight excluding hydrogens is 228 g/mol. The molecular formula is C14H20N2O2. The van der Waals surface area contributed by atoms with E-state index in [1.54, 1.807) is 7.11 Å². The van der Waals surface area contributed by atoms with E-state index in [2.05, 4.69) is 10.3 Å². The number of ether oxygens (including phenoxy) is 2. The van der Waals surface area contributed by atoms with Crippen molar-refractivity contribution in [2.75, 3.05) is 7.11 Å². The monoisotopic (exact) mass is 248 g/mol. The highest BCUT2D eigenvalue weighted by Crippen LogP contribution is 2.34. The Morgan fingerprint density at radius 2 is 2.33 bits per heavy atom. The Balaban J connectivity index is 1.61. The average molecular weight is 248 g/mol. The lowest BCUT2D eigenvalue weighted by molar-refractivity contribution is 0.0972. The lowest BCUT2D eigenvalue weighted by Crippen LogP contribution is -2.37. The van der Waals surface area contributed by atoms with Crippen molar-refractivity contribution in [1.29, 1.82) is 0 Å². The van der Waals surface area contributed by atoms with E-state index >= 15 is 0 Å². The first kappa shape index (κ1) is 11.9. The average Bonchev–Trinajstić information content (AvgIpc) is 2.97. The van der Waals surface area contributed by atoms with Crippen LogP contribution in [0.2, 0.25) is 0 Å². The molecule has 4 heteroatoms. The standard InChI is InChI=1S/C14H20N2O2/c1-9-5-12(17-2)6-10(16-9)8-15-13-7-11-3-4-14(13)18-11/h5-6,11,13-15H,3-4,7-8H2,1-2H3. The van der Waals surface area contributed by atoms with Crippen molar-refractivity contribution in [3.8, 4) is 5.75 Å². The molecule has 4 nitrogen and oxygen atoms in total. The van der Waals surface area contributed by atoms with E-state index in [9.17, 15) is 0 Å². The zero-order valence-corrected chi connectivity index (χ0v) is 11.0. The van der Waals surface area contributed by atoms with Crippen molar-refractivity contribution < 1.29 is 9.47 Å². The molecule has 0 amide bonds. The van der Waals surface area contributed by atoms with Crippen LogP contribution < -0.4 is 10.1 Å². The van der Waals surface area contributed by atoms with Crippen LogP contribution in [0.3, 0.4) is 0 Å². The van der Waals surface area contributed by atoms with Gasteiger partial charge < -0.3 is 14.8 Å². The predicted octanol–water partition coefficient (Wildman–Crippen LogP) is 1.81. The van der Waals surface area contributed by atoms with E-state index in [1.165, 1.54) is 12.8 Å². The van der Waals surface area contributed by atoms with E-state index in [0.29, 0.717) is 18.2 Å². The molecule has 18 heavy (non-hydrogen) atoms. The van der Waals surface area contributed by atoms with Crippen LogP contribution in [0.1, 0.15) is 30.7 Å². The number of pyridine rings is 1. The summed E-state index contributed by atoms with van der Waals surface area (Å²) in [5.41, 5.74) is 2.03. The van der Waals surface area contributed by atoms with Crippen molar-refractivity contribution in [3.63, 3.8) is 0 Å². The second kappa shape index (κ2) is 4.86. The summed E-state index contributed by atoms with van der Waals surface area (Å²) in [7, 11) is 1.69. The normalized spacial score (nSPS) is 29.8. The summed E-state index contributed by atoms with van der Waals surface area (Å²) in [6.07, 6.45) is 4.49. The van der Waals surface area contributed by atoms with Crippen LogP contribution in [0.5, 0.6) is 5.75 Å². The highest BCUT2D eigenvalue weighted by Gasteiger charge is 2.40. The van der Waals surface area contributed by atoms with Crippen molar-refractivity contribution in [3.05, 3.63) is 23.5 Å². The molecule has 2 fully saturated rings. The van der Waals surface area contributed by atoms with Gasteiger partial charge in [-0.3, -0.25) is 4.98 Å².